The lowest BCUT2D eigenvalue weighted by Crippen LogP contribution is -2.19. The van der Waals surface area contributed by atoms with E-state index in [0.29, 0.717) is 12.1 Å². The van der Waals surface area contributed by atoms with Crippen LogP contribution in [0.25, 0.3) is 0 Å². The van der Waals surface area contributed by atoms with Crippen molar-refractivity contribution in [2.45, 2.75) is 13.5 Å². The van der Waals surface area contributed by atoms with Gasteiger partial charge in [-0.15, -0.1) is 0 Å². The predicted octanol–water partition coefficient (Wildman–Crippen LogP) is 0.682. The zero-order valence-corrected chi connectivity index (χ0v) is 8.83. The van der Waals surface area contributed by atoms with Crippen LogP contribution in [0.4, 0.5) is 0 Å². The zero-order chi connectivity index (χ0) is 11.3. The number of hydrogen-bond acceptors (Lipinski definition) is 2. The molecule has 0 fully saturated rings. The van der Waals surface area contributed by atoms with Gasteiger partial charge in [-0.05, 0) is 17.7 Å². The summed E-state index contributed by atoms with van der Waals surface area (Å²) in [5.41, 5.74) is 1.59. The van der Waals surface area contributed by atoms with Gasteiger partial charge in [-0.25, -0.2) is 0 Å². The number of rotatable bonds is 3. The van der Waals surface area contributed by atoms with Gasteiger partial charge in [0.2, 0.25) is 5.91 Å². The van der Waals surface area contributed by atoms with Crippen LogP contribution in [-0.4, -0.2) is 18.9 Å². The molecule has 0 atom stereocenters. The van der Waals surface area contributed by atoms with Crippen molar-refractivity contribution < 1.29 is 9.59 Å². The molecule has 2 amide bonds. The highest BCUT2D eigenvalue weighted by molar-refractivity contribution is 5.93. The fourth-order valence-corrected chi connectivity index (χ4v) is 1.14. The highest BCUT2D eigenvalue weighted by Crippen LogP contribution is 2.03. The summed E-state index contributed by atoms with van der Waals surface area (Å²) >= 11 is 0. The third-order valence-electron chi connectivity index (χ3n) is 1.98. The molecule has 0 heterocycles. The van der Waals surface area contributed by atoms with Crippen molar-refractivity contribution in [3.63, 3.8) is 0 Å². The normalized spacial score (nSPS) is 9.47. The molecule has 4 heteroatoms. The molecule has 0 saturated carbocycles. The molecule has 0 unspecified atom stereocenters. The molecular formula is C11H14N2O2. The molecule has 0 spiro atoms. The second-order valence-corrected chi connectivity index (χ2v) is 3.19. The first kappa shape index (κ1) is 11.2. The van der Waals surface area contributed by atoms with E-state index in [-0.39, 0.29) is 11.8 Å². The summed E-state index contributed by atoms with van der Waals surface area (Å²) in [6.45, 7) is 1.96. The van der Waals surface area contributed by atoms with E-state index in [1.54, 1.807) is 19.2 Å². The number of benzene rings is 1. The van der Waals surface area contributed by atoms with Gasteiger partial charge in [0.1, 0.15) is 0 Å². The van der Waals surface area contributed by atoms with Crippen LogP contribution in [0.2, 0.25) is 0 Å². The lowest BCUT2D eigenvalue weighted by molar-refractivity contribution is -0.119. The summed E-state index contributed by atoms with van der Waals surface area (Å²) in [4.78, 5) is 21.9. The molecule has 1 aromatic rings. The van der Waals surface area contributed by atoms with E-state index in [1.807, 2.05) is 12.1 Å². The Labute approximate surface area is 88.7 Å². The van der Waals surface area contributed by atoms with Crippen LogP contribution in [-0.2, 0) is 11.3 Å². The fourth-order valence-electron chi connectivity index (χ4n) is 1.14. The maximum Gasteiger partial charge on any atom is 0.251 e. The van der Waals surface area contributed by atoms with Crippen LogP contribution in [0, 0.1) is 0 Å². The molecule has 0 radical (unpaired) electrons. The zero-order valence-electron chi connectivity index (χ0n) is 8.83. The molecule has 0 aromatic heterocycles. The van der Waals surface area contributed by atoms with Crippen LogP contribution in [0.1, 0.15) is 22.8 Å². The van der Waals surface area contributed by atoms with Crippen LogP contribution in [0.3, 0.4) is 0 Å². The van der Waals surface area contributed by atoms with Gasteiger partial charge >= 0.3 is 0 Å². The van der Waals surface area contributed by atoms with E-state index >= 15 is 0 Å². The van der Waals surface area contributed by atoms with Gasteiger partial charge in [-0.2, -0.15) is 0 Å². The molecule has 0 aliphatic heterocycles. The third kappa shape index (κ3) is 3.42. The number of carbonyl (C=O) groups excluding carboxylic acids is 2. The van der Waals surface area contributed by atoms with Crippen molar-refractivity contribution in [3.05, 3.63) is 35.4 Å². The van der Waals surface area contributed by atoms with E-state index in [0.717, 1.165) is 5.56 Å². The largest absolute Gasteiger partial charge is 0.355 e. The van der Waals surface area contributed by atoms with Gasteiger partial charge < -0.3 is 10.6 Å². The van der Waals surface area contributed by atoms with E-state index in [4.69, 9.17) is 0 Å². The average molecular weight is 206 g/mol. The lowest BCUT2D eigenvalue weighted by Gasteiger charge is -2.03. The Balaban J connectivity index is 2.64. The molecular weight excluding hydrogens is 192 g/mol. The van der Waals surface area contributed by atoms with Crippen molar-refractivity contribution in [1.82, 2.24) is 10.6 Å². The molecule has 0 bridgehead atoms. The van der Waals surface area contributed by atoms with E-state index in [1.165, 1.54) is 6.92 Å². The van der Waals surface area contributed by atoms with Crippen LogP contribution < -0.4 is 10.6 Å². The first-order valence-electron chi connectivity index (χ1n) is 4.69. The Morgan fingerprint density at radius 1 is 1.20 bits per heavy atom. The second kappa shape index (κ2) is 5.14. The Morgan fingerprint density at radius 3 is 2.27 bits per heavy atom. The molecule has 80 valence electrons. The quantitative estimate of drug-likeness (QED) is 0.764. The van der Waals surface area contributed by atoms with Crippen LogP contribution >= 0.6 is 0 Å². The van der Waals surface area contributed by atoms with Crippen molar-refractivity contribution in [2.75, 3.05) is 7.05 Å². The smallest absolute Gasteiger partial charge is 0.251 e. The third-order valence-corrected chi connectivity index (χ3v) is 1.98. The molecule has 2 N–H and O–H groups in total. The molecule has 1 aromatic carbocycles. The van der Waals surface area contributed by atoms with E-state index in [9.17, 15) is 9.59 Å². The number of hydrogen-bond donors (Lipinski definition) is 2. The van der Waals surface area contributed by atoms with Gasteiger partial charge in [0.05, 0.1) is 0 Å². The maximum atomic E-state index is 11.2. The minimum absolute atomic E-state index is 0.0645. The van der Waals surface area contributed by atoms with Gasteiger partial charge in [0, 0.05) is 26.1 Å². The minimum Gasteiger partial charge on any atom is -0.355 e. The van der Waals surface area contributed by atoms with Crippen LogP contribution in [0.15, 0.2) is 24.3 Å². The first-order chi connectivity index (χ1) is 7.13. The standard InChI is InChI=1S/C11H14N2O2/c1-8(14)13-7-9-3-5-10(6-4-9)11(15)12-2/h3-6H,7H2,1-2H3,(H,12,15)(H,13,14). The van der Waals surface area contributed by atoms with Crippen molar-refractivity contribution in [3.8, 4) is 0 Å². The van der Waals surface area contributed by atoms with E-state index < -0.39 is 0 Å². The highest BCUT2D eigenvalue weighted by Gasteiger charge is 2.01. The molecule has 0 saturated heterocycles. The van der Waals surface area contributed by atoms with Gasteiger partial charge in [0.15, 0.2) is 0 Å². The summed E-state index contributed by atoms with van der Waals surface area (Å²) in [5.74, 6) is -0.175. The topological polar surface area (TPSA) is 58.2 Å². The fraction of sp³-hybridized carbons (Fsp3) is 0.273. The lowest BCUT2D eigenvalue weighted by atomic mass is 10.1. The molecule has 4 nitrogen and oxygen atoms in total. The number of carbonyl (C=O) groups is 2. The Bertz CT molecular complexity index is 357. The molecule has 1 rings (SSSR count). The monoisotopic (exact) mass is 206 g/mol. The van der Waals surface area contributed by atoms with Crippen LogP contribution in [0.5, 0.6) is 0 Å². The van der Waals surface area contributed by atoms with Gasteiger partial charge in [-0.1, -0.05) is 12.1 Å². The Kier molecular flexibility index (Phi) is 3.85. The minimum atomic E-state index is -0.110. The number of amides is 2. The average Bonchev–Trinajstić information content (AvgIpc) is 2.26. The number of nitrogens with one attached hydrogen (secondary N) is 2. The molecule has 0 aliphatic carbocycles. The summed E-state index contributed by atoms with van der Waals surface area (Å²) in [5, 5.41) is 5.23. The van der Waals surface area contributed by atoms with Crippen molar-refractivity contribution in [2.24, 2.45) is 0 Å². The van der Waals surface area contributed by atoms with Gasteiger partial charge in [-0.3, -0.25) is 9.59 Å². The molecule has 0 aliphatic rings. The van der Waals surface area contributed by atoms with E-state index in [2.05, 4.69) is 10.6 Å². The SMILES string of the molecule is CNC(=O)c1ccc(CNC(C)=O)cc1. The second-order valence-electron chi connectivity index (χ2n) is 3.19. The Morgan fingerprint density at radius 2 is 1.80 bits per heavy atom. The van der Waals surface area contributed by atoms with Gasteiger partial charge in [0.25, 0.3) is 5.91 Å². The Hall–Kier alpha value is -1.84. The highest BCUT2D eigenvalue weighted by atomic mass is 16.2. The predicted molar refractivity (Wildman–Crippen MR) is 57.4 cm³/mol. The summed E-state index contributed by atoms with van der Waals surface area (Å²) in [6.07, 6.45) is 0. The first-order valence-corrected chi connectivity index (χ1v) is 4.69. The van der Waals surface area contributed by atoms with Crippen molar-refractivity contribution >= 4 is 11.8 Å². The molecule has 15 heavy (non-hydrogen) atoms. The maximum absolute atomic E-state index is 11.2. The summed E-state index contributed by atoms with van der Waals surface area (Å²) in [7, 11) is 1.59. The van der Waals surface area contributed by atoms with Crippen molar-refractivity contribution in [1.29, 1.82) is 0 Å². The summed E-state index contributed by atoms with van der Waals surface area (Å²) < 4.78 is 0. The summed E-state index contributed by atoms with van der Waals surface area (Å²) in [6, 6.07) is 7.10.